The van der Waals surface area contributed by atoms with Crippen molar-refractivity contribution in [3.8, 4) is 5.75 Å². The van der Waals surface area contributed by atoms with Crippen LogP contribution in [0.25, 0.3) is 0 Å². The molecule has 126 valence electrons. The Bertz CT molecular complexity index is 574. The van der Waals surface area contributed by atoms with E-state index in [0.29, 0.717) is 6.54 Å². The van der Waals surface area contributed by atoms with Gasteiger partial charge in [0.1, 0.15) is 5.75 Å². The molecule has 2 rings (SSSR count). The fourth-order valence-corrected chi connectivity index (χ4v) is 4.01. The van der Waals surface area contributed by atoms with Crippen molar-refractivity contribution >= 4 is 23.4 Å². The molecule has 1 aliphatic heterocycles. The molecule has 4 nitrogen and oxygen atoms in total. The lowest BCUT2D eigenvalue weighted by molar-refractivity contribution is -0.133. The molecule has 0 spiro atoms. The van der Waals surface area contributed by atoms with E-state index in [-0.39, 0.29) is 22.8 Å². The van der Waals surface area contributed by atoms with Crippen LogP contribution < -0.4 is 0 Å². The average Bonchev–Trinajstić information content (AvgIpc) is 3.06. The Kier molecular flexibility index (Phi) is 6.51. The number of likely N-dealkylation sites (N-methyl/N-ethyl adjacent to an activating group) is 1. The van der Waals surface area contributed by atoms with Crippen LogP contribution in [-0.4, -0.2) is 53.3 Å². The largest absolute Gasteiger partial charge is 0.508 e. The molecule has 0 saturated heterocycles. The van der Waals surface area contributed by atoms with Crippen molar-refractivity contribution in [2.75, 3.05) is 26.4 Å². The molecule has 0 unspecified atom stereocenters. The van der Waals surface area contributed by atoms with Crippen molar-refractivity contribution in [3.63, 3.8) is 0 Å². The maximum Gasteiger partial charge on any atom is 0.226 e. The number of hydrogen-bond donors (Lipinski definition) is 1. The van der Waals surface area contributed by atoms with E-state index in [2.05, 4.69) is 11.2 Å². The summed E-state index contributed by atoms with van der Waals surface area (Å²) in [7, 11) is 1.86. The maximum atomic E-state index is 12.7. The first kappa shape index (κ1) is 17.9. The van der Waals surface area contributed by atoms with Crippen molar-refractivity contribution in [1.29, 1.82) is 0 Å². The quantitative estimate of drug-likeness (QED) is 0.834. The highest BCUT2D eigenvalue weighted by atomic mass is 32.2. The minimum Gasteiger partial charge on any atom is -0.508 e. The summed E-state index contributed by atoms with van der Waals surface area (Å²) >= 11 is 1.73. The summed E-state index contributed by atoms with van der Waals surface area (Å²) in [4.78, 5) is 19.1. The molecule has 1 aromatic rings. The van der Waals surface area contributed by atoms with Crippen LogP contribution in [0, 0.1) is 5.92 Å². The van der Waals surface area contributed by atoms with Gasteiger partial charge < -0.3 is 10.0 Å². The van der Waals surface area contributed by atoms with Crippen LogP contribution in [0.2, 0.25) is 0 Å². The van der Waals surface area contributed by atoms with Crippen molar-refractivity contribution in [2.24, 2.45) is 10.9 Å². The fourth-order valence-electron chi connectivity index (χ4n) is 3.02. The Labute approximate surface area is 143 Å². The van der Waals surface area contributed by atoms with Gasteiger partial charge in [-0.05, 0) is 43.2 Å². The summed E-state index contributed by atoms with van der Waals surface area (Å²) in [6.45, 7) is 3.57. The van der Waals surface area contributed by atoms with E-state index < -0.39 is 0 Å². The average molecular weight is 334 g/mol. The molecule has 1 N–H and O–H groups in total. The topological polar surface area (TPSA) is 52.9 Å². The van der Waals surface area contributed by atoms with E-state index in [0.717, 1.165) is 31.4 Å². The number of hydrogen-bond acceptors (Lipinski definition) is 4. The lowest BCUT2D eigenvalue weighted by atomic mass is 10.00. The van der Waals surface area contributed by atoms with Crippen LogP contribution in [0.15, 0.2) is 29.3 Å². The SMILES string of the molecule is CS[C@@H](C1=NCCC1)[C@@H](C)C(=O)N(C)CCc1cccc(O)c1. The number of thioether (sulfide) groups is 1. The summed E-state index contributed by atoms with van der Waals surface area (Å²) in [6.07, 6.45) is 4.94. The summed E-state index contributed by atoms with van der Waals surface area (Å²) in [5, 5.41) is 9.69. The van der Waals surface area contributed by atoms with E-state index in [1.54, 1.807) is 28.8 Å². The Morgan fingerprint density at radius 1 is 1.48 bits per heavy atom. The highest BCUT2D eigenvalue weighted by molar-refractivity contribution is 8.00. The van der Waals surface area contributed by atoms with Crippen LogP contribution in [-0.2, 0) is 11.2 Å². The third-order valence-corrected chi connectivity index (χ3v) is 5.54. The second-order valence-corrected chi connectivity index (χ2v) is 7.08. The minimum absolute atomic E-state index is 0.0592. The number of amides is 1. The lowest BCUT2D eigenvalue weighted by Crippen LogP contribution is -2.39. The van der Waals surface area contributed by atoms with Crippen molar-refractivity contribution < 1.29 is 9.90 Å². The molecule has 0 radical (unpaired) electrons. The number of benzene rings is 1. The normalized spacial score (nSPS) is 16.7. The van der Waals surface area contributed by atoms with Gasteiger partial charge in [-0.25, -0.2) is 0 Å². The van der Waals surface area contributed by atoms with Gasteiger partial charge in [-0.1, -0.05) is 19.1 Å². The number of aliphatic imine (C=N–C) groups is 1. The number of phenolic OH excluding ortho intramolecular Hbond substituents is 1. The van der Waals surface area contributed by atoms with Crippen LogP contribution in [0.4, 0.5) is 0 Å². The second kappa shape index (κ2) is 8.39. The highest BCUT2D eigenvalue weighted by Gasteiger charge is 2.30. The number of rotatable bonds is 7. The van der Waals surface area contributed by atoms with Crippen molar-refractivity contribution in [1.82, 2.24) is 4.90 Å². The molecule has 2 atom stereocenters. The molecule has 23 heavy (non-hydrogen) atoms. The molecule has 0 aromatic heterocycles. The summed E-state index contributed by atoms with van der Waals surface area (Å²) in [6, 6.07) is 7.21. The van der Waals surface area contributed by atoms with E-state index in [4.69, 9.17) is 0 Å². The number of aromatic hydroxyl groups is 1. The van der Waals surface area contributed by atoms with Gasteiger partial charge in [0.2, 0.25) is 5.91 Å². The van der Waals surface area contributed by atoms with Crippen LogP contribution in [0.1, 0.15) is 25.3 Å². The Balaban J connectivity index is 1.92. The molecule has 1 aliphatic rings. The van der Waals surface area contributed by atoms with E-state index >= 15 is 0 Å². The standard InChI is InChI=1S/C18H26N2O2S/c1-13(17(23-3)16-8-5-10-19-16)18(22)20(2)11-9-14-6-4-7-15(21)12-14/h4,6-7,12-13,17,21H,5,8-11H2,1-3H3/t13-,17-/m1/s1. The summed E-state index contributed by atoms with van der Waals surface area (Å²) in [5.74, 6) is 0.377. The maximum absolute atomic E-state index is 12.7. The van der Waals surface area contributed by atoms with Gasteiger partial charge in [-0.3, -0.25) is 9.79 Å². The second-order valence-electron chi connectivity index (χ2n) is 6.10. The molecule has 0 fully saturated rings. The first-order chi connectivity index (χ1) is 11.0. The van der Waals surface area contributed by atoms with Gasteiger partial charge in [-0.2, -0.15) is 11.8 Å². The van der Waals surface area contributed by atoms with Crippen molar-refractivity contribution in [3.05, 3.63) is 29.8 Å². The van der Waals surface area contributed by atoms with Gasteiger partial charge in [0.25, 0.3) is 0 Å². The smallest absolute Gasteiger partial charge is 0.226 e. The van der Waals surface area contributed by atoms with Gasteiger partial charge in [0.15, 0.2) is 0 Å². The van der Waals surface area contributed by atoms with Gasteiger partial charge in [0, 0.05) is 25.8 Å². The van der Waals surface area contributed by atoms with Crippen LogP contribution in [0.3, 0.4) is 0 Å². The fraction of sp³-hybridized carbons (Fsp3) is 0.556. The third kappa shape index (κ3) is 4.74. The molecule has 0 aliphatic carbocycles. The van der Waals surface area contributed by atoms with E-state index in [1.807, 2.05) is 26.1 Å². The third-order valence-electron chi connectivity index (χ3n) is 4.35. The molecule has 5 heteroatoms. The van der Waals surface area contributed by atoms with Crippen LogP contribution in [0.5, 0.6) is 5.75 Å². The zero-order valence-corrected chi connectivity index (χ0v) is 15.0. The molecule has 0 saturated carbocycles. The molecular formula is C18H26N2O2S. The summed E-state index contributed by atoms with van der Waals surface area (Å²) < 4.78 is 0. The first-order valence-corrected chi connectivity index (χ1v) is 9.40. The number of carbonyl (C=O) groups excluding carboxylic acids is 1. The van der Waals surface area contributed by atoms with Crippen molar-refractivity contribution in [2.45, 2.75) is 31.4 Å². The van der Waals surface area contributed by atoms with E-state index in [9.17, 15) is 9.90 Å². The molecule has 1 amide bonds. The predicted molar refractivity (Wildman–Crippen MR) is 97.5 cm³/mol. The highest BCUT2D eigenvalue weighted by Crippen LogP contribution is 2.25. The van der Waals surface area contributed by atoms with E-state index in [1.165, 1.54) is 5.71 Å². The molecule has 1 aromatic carbocycles. The van der Waals surface area contributed by atoms with Crippen LogP contribution >= 0.6 is 11.8 Å². The monoisotopic (exact) mass is 334 g/mol. The molecule has 0 bridgehead atoms. The molecular weight excluding hydrogens is 308 g/mol. The van der Waals surface area contributed by atoms with Gasteiger partial charge in [-0.15, -0.1) is 0 Å². The Hall–Kier alpha value is -1.49. The van der Waals surface area contributed by atoms with Gasteiger partial charge >= 0.3 is 0 Å². The summed E-state index contributed by atoms with van der Waals surface area (Å²) in [5.41, 5.74) is 2.23. The predicted octanol–water partition coefficient (Wildman–Crippen LogP) is 3.00. The lowest BCUT2D eigenvalue weighted by Gasteiger charge is -2.27. The zero-order chi connectivity index (χ0) is 16.8. The number of nitrogens with zero attached hydrogens (tertiary/aromatic N) is 2. The Morgan fingerprint density at radius 2 is 2.26 bits per heavy atom. The first-order valence-electron chi connectivity index (χ1n) is 8.12. The molecule has 1 heterocycles. The number of phenols is 1. The van der Waals surface area contributed by atoms with Gasteiger partial charge in [0.05, 0.1) is 11.2 Å². The number of carbonyl (C=O) groups is 1. The minimum atomic E-state index is -0.0592. The Morgan fingerprint density at radius 3 is 2.87 bits per heavy atom. The zero-order valence-electron chi connectivity index (χ0n) is 14.2.